The van der Waals surface area contributed by atoms with Gasteiger partial charge in [-0.1, -0.05) is 68.4 Å². The SMILES string of the molecule is [C-]#[N+]c1cc(-c2c(Cl)cc(CC(=O)C3CCCCC3)cc2Cl)ccc1CC(C)C. The maximum Gasteiger partial charge on any atom is 0.191 e. The molecule has 0 spiro atoms. The van der Waals surface area contributed by atoms with Gasteiger partial charge in [0.1, 0.15) is 5.78 Å². The van der Waals surface area contributed by atoms with Gasteiger partial charge in [-0.25, -0.2) is 4.85 Å². The zero-order chi connectivity index (χ0) is 21.0. The average molecular weight is 428 g/mol. The third-order valence-electron chi connectivity index (χ3n) is 5.66. The molecule has 152 valence electrons. The highest BCUT2D eigenvalue weighted by atomic mass is 35.5. The Bertz CT molecular complexity index is 913. The highest BCUT2D eigenvalue weighted by Crippen LogP contribution is 2.39. The van der Waals surface area contributed by atoms with Crippen LogP contribution in [0.2, 0.25) is 10.0 Å². The molecule has 2 aromatic carbocycles. The van der Waals surface area contributed by atoms with E-state index in [0.29, 0.717) is 28.1 Å². The Morgan fingerprint density at radius 1 is 1.10 bits per heavy atom. The molecule has 1 fully saturated rings. The van der Waals surface area contributed by atoms with Crippen LogP contribution >= 0.6 is 23.2 Å². The van der Waals surface area contributed by atoms with Crippen molar-refractivity contribution in [2.45, 2.75) is 58.8 Å². The van der Waals surface area contributed by atoms with Gasteiger partial charge in [0.25, 0.3) is 0 Å². The van der Waals surface area contributed by atoms with E-state index < -0.39 is 0 Å². The molecule has 0 aliphatic heterocycles. The molecule has 1 aliphatic carbocycles. The summed E-state index contributed by atoms with van der Waals surface area (Å²) in [6.45, 7) is 11.8. The van der Waals surface area contributed by atoms with E-state index in [1.54, 1.807) is 0 Å². The van der Waals surface area contributed by atoms with Crippen LogP contribution in [-0.4, -0.2) is 5.78 Å². The van der Waals surface area contributed by atoms with Crippen LogP contribution in [0.1, 0.15) is 57.1 Å². The maximum atomic E-state index is 12.6. The highest BCUT2D eigenvalue weighted by Gasteiger charge is 2.22. The molecule has 0 radical (unpaired) electrons. The molecule has 2 aromatic rings. The number of ketones is 1. The van der Waals surface area contributed by atoms with Crippen LogP contribution in [0, 0.1) is 18.4 Å². The van der Waals surface area contributed by atoms with Gasteiger partial charge < -0.3 is 0 Å². The Balaban J connectivity index is 1.86. The molecule has 29 heavy (non-hydrogen) atoms. The second kappa shape index (κ2) is 9.79. The molecule has 0 atom stereocenters. The molecule has 1 saturated carbocycles. The van der Waals surface area contributed by atoms with Crippen molar-refractivity contribution in [3.63, 3.8) is 0 Å². The molecule has 4 heteroatoms. The number of carbonyl (C=O) groups is 1. The van der Waals surface area contributed by atoms with Crippen molar-refractivity contribution in [3.8, 4) is 11.1 Å². The maximum absolute atomic E-state index is 12.6. The predicted molar refractivity (Wildman–Crippen MR) is 122 cm³/mol. The van der Waals surface area contributed by atoms with E-state index in [-0.39, 0.29) is 11.7 Å². The van der Waals surface area contributed by atoms with Crippen molar-refractivity contribution in [2.75, 3.05) is 0 Å². The largest absolute Gasteiger partial charge is 0.299 e. The number of hydrogen-bond donors (Lipinski definition) is 0. The lowest BCUT2D eigenvalue weighted by atomic mass is 9.84. The summed E-state index contributed by atoms with van der Waals surface area (Å²) in [4.78, 5) is 16.3. The summed E-state index contributed by atoms with van der Waals surface area (Å²) < 4.78 is 0. The van der Waals surface area contributed by atoms with E-state index in [2.05, 4.69) is 18.7 Å². The van der Waals surface area contributed by atoms with E-state index in [1.807, 2.05) is 30.3 Å². The van der Waals surface area contributed by atoms with Gasteiger partial charge in [0, 0.05) is 17.9 Å². The van der Waals surface area contributed by atoms with Gasteiger partial charge in [0.15, 0.2) is 5.69 Å². The van der Waals surface area contributed by atoms with Crippen molar-refractivity contribution in [1.82, 2.24) is 0 Å². The van der Waals surface area contributed by atoms with Crippen LogP contribution in [0.15, 0.2) is 30.3 Å². The zero-order valence-corrected chi connectivity index (χ0v) is 18.6. The quantitative estimate of drug-likeness (QED) is 0.426. The first kappa shape index (κ1) is 21.9. The Morgan fingerprint density at radius 3 is 2.34 bits per heavy atom. The van der Waals surface area contributed by atoms with Gasteiger partial charge in [-0.05, 0) is 60.1 Å². The summed E-state index contributed by atoms with van der Waals surface area (Å²) >= 11 is 13.2. The normalized spacial score (nSPS) is 14.8. The number of hydrogen-bond acceptors (Lipinski definition) is 1. The molecule has 1 aliphatic rings. The Labute approximate surface area is 184 Å². The molecule has 2 nitrogen and oxygen atoms in total. The molecule has 0 bridgehead atoms. The Hall–Kier alpha value is -1.82. The van der Waals surface area contributed by atoms with E-state index in [1.165, 1.54) is 6.42 Å². The van der Waals surface area contributed by atoms with E-state index >= 15 is 0 Å². The van der Waals surface area contributed by atoms with E-state index in [9.17, 15) is 4.79 Å². The van der Waals surface area contributed by atoms with Crippen LogP contribution in [0.3, 0.4) is 0 Å². The molecule has 3 rings (SSSR count). The lowest BCUT2D eigenvalue weighted by molar-refractivity contribution is -0.123. The summed E-state index contributed by atoms with van der Waals surface area (Å²) in [5, 5.41) is 1.05. The fourth-order valence-corrected chi connectivity index (χ4v) is 4.96. The van der Waals surface area contributed by atoms with Crippen molar-refractivity contribution < 1.29 is 4.79 Å². The Kier molecular flexibility index (Phi) is 7.38. The third-order valence-corrected chi connectivity index (χ3v) is 6.26. The number of benzene rings is 2. The number of rotatable bonds is 6. The van der Waals surface area contributed by atoms with Gasteiger partial charge in [-0.3, -0.25) is 4.79 Å². The summed E-state index contributed by atoms with van der Waals surface area (Å²) in [6, 6.07) is 9.54. The van der Waals surface area contributed by atoms with Crippen LogP contribution in [0.5, 0.6) is 0 Å². The van der Waals surface area contributed by atoms with Crippen LogP contribution in [-0.2, 0) is 17.6 Å². The van der Waals surface area contributed by atoms with Crippen molar-refractivity contribution in [2.24, 2.45) is 11.8 Å². The Morgan fingerprint density at radius 2 is 1.76 bits per heavy atom. The summed E-state index contributed by atoms with van der Waals surface area (Å²) in [6.07, 6.45) is 6.77. The summed E-state index contributed by atoms with van der Waals surface area (Å²) in [5.74, 6) is 0.947. The lowest BCUT2D eigenvalue weighted by Gasteiger charge is -2.20. The fraction of sp³-hybridized carbons (Fsp3) is 0.440. The zero-order valence-electron chi connectivity index (χ0n) is 17.1. The molecular formula is C25H27Cl2NO. The average Bonchev–Trinajstić information content (AvgIpc) is 2.68. The molecular weight excluding hydrogens is 401 g/mol. The number of nitrogens with zero attached hydrogens (tertiary/aromatic N) is 1. The predicted octanol–water partition coefficient (Wildman–Crippen LogP) is 8.10. The van der Waals surface area contributed by atoms with E-state index in [4.69, 9.17) is 29.8 Å². The van der Waals surface area contributed by atoms with Crippen LogP contribution in [0.25, 0.3) is 16.0 Å². The minimum absolute atomic E-state index is 0.177. The minimum Gasteiger partial charge on any atom is -0.299 e. The van der Waals surface area contributed by atoms with Gasteiger partial charge in [-0.15, -0.1) is 0 Å². The van der Waals surface area contributed by atoms with Gasteiger partial charge in [0.2, 0.25) is 0 Å². The molecule has 0 saturated heterocycles. The van der Waals surface area contributed by atoms with Crippen LogP contribution in [0.4, 0.5) is 5.69 Å². The van der Waals surface area contributed by atoms with Crippen molar-refractivity contribution in [3.05, 3.63) is 62.9 Å². The first-order valence-electron chi connectivity index (χ1n) is 10.4. The molecule has 0 aromatic heterocycles. The number of carbonyl (C=O) groups excluding carboxylic acids is 1. The summed E-state index contributed by atoms with van der Waals surface area (Å²) in [7, 11) is 0. The molecule has 0 amide bonds. The fourth-order valence-electron chi connectivity index (χ4n) is 4.21. The summed E-state index contributed by atoms with van der Waals surface area (Å²) in [5.41, 5.74) is 4.11. The second-order valence-corrected chi connectivity index (χ2v) is 9.28. The first-order chi connectivity index (χ1) is 13.9. The minimum atomic E-state index is 0.177. The topological polar surface area (TPSA) is 21.4 Å². The molecule has 0 N–H and O–H groups in total. The van der Waals surface area contributed by atoms with Gasteiger partial charge >= 0.3 is 0 Å². The third kappa shape index (κ3) is 5.41. The number of halogens is 2. The van der Waals surface area contributed by atoms with Gasteiger partial charge in [0.05, 0.1) is 16.6 Å². The van der Waals surface area contributed by atoms with Crippen molar-refractivity contribution >= 4 is 34.7 Å². The highest BCUT2D eigenvalue weighted by molar-refractivity contribution is 6.39. The molecule has 0 unspecified atom stereocenters. The lowest BCUT2D eigenvalue weighted by Crippen LogP contribution is -2.19. The first-order valence-corrected chi connectivity index (χ1v) is 11.2. The molecule has 0 heterocycles. The van der Waals surface area contributed by atoms with Gasteiger partial charge in [-0.2, -0.15) is 0 Å². The smallest absolute Gasteiger partial charge is 0.191 e. The second-order valence-electron chi connectivity index (χ2n) is 8.47. The van der Waals surface area contributed by atoms with E-state index in [0.717, 1.165) is 54.4 Å². The monoisotopic (exact) mass is 427 g/mol. The van der Waals surface area contributed by atoms with Crippen LogP contribution < -0.4 is 0 Å². The number of Topliss-reactive ketones (excluding diaryl/α,β-unsaturated/α-hetero) is 1. The van der Waals surface area contributed by atoms with Crippen molar-refractivity contribution in [1.29, 1.82) is 0 Å². The standard InChI is InChI=1S/C25H27Cl2NO/c1-16(2)11-19-9-10-20(15-23(19)28-3)25-21(26)12-17(13-22(25)27)14-24(29)18-7-5-4-6-8-18/h9-10,12-13,15-16,18H,4-8,11,14H2,1-2H3.